The molecule has 1 fully saturated rings. The molecule has 0 spiro atoms. The Morgan fingerprint density at radius 1 is 1.16 bits per heavy atom. The van der Waals surface area contributed by atoms with Crippen molar-refractivity contribution in [3.63, 3.8) is 0 Å². The Morgan fingerprint density at radius 2 is 1.94 bits per heavy atom. The molecule has 31 heavy (non-hydrogen) atoms. The van der Waals surface area contributed by atoms with Gasteiger partial charge in [0.05, 0.1) is 34.9 Å². The Labute approximate surface area is 202 Å². The lowest BCUT2D eigenvalue weighted by molar-refractivity contribution is 0.353. The third-order valence-corrected chi connectivity index (χ3v) is 6.88. The van der Waals surface area contributed by atoms with E-state index < -0.39 is 0 Å². The molecule has 1 aliphatic rings. The first kappa shape index (κ1) is 22.3. The van der Waals surface area contributed by atoms with Crippen molar-refractivity contribution >= 4 is 55.6 Å². The zero-order valence-corrected chi connectivity index (χ0v) is 21.1. The van der Waals surface area contributed by atoms with Gasteiger partial charge in [0, 0.05) is 10.4 Å². The molecule has 3 aromatic rings. The highest BCUT2D eigenvalue weighted by molar-refractivity contribution is 14.1. The van der Waals surface area contributed by atoms with Gasteiger partial charge in [-0.3, -0.25) is 4.79 Å². The van der Waals surface area contributed by atoms with Crippen molar-refractivity contribution in [1.82, 2.24) is 9.66 Å². The second kappa shape index (κ2) is 9.68. The standard InChI is InChI=1S/C23H23BrIN3O3/c1-30-20-11-14(10-18(25)21(20)31-2)13-26-28-22(15-6-4-3-5-7-15)27-19-9-8-16(24)12-17(19)23(28)29/h8-13,15H,3-7H2,1-2H3. The predicted octanol–water partition coefficient (Wildman–Crippen LogP) is 5.71. The summed E-state index contributed by atoms with van der Waals surface area (Å²) in [5, 5.41) is 5.15. The van der Waals surface area contributed by atoms with E-state index in [1.54, 1.807) is 26.5 Å². The summed E-state index contributed by atoms with van der Waals surface area (Å²) < 4.78 is 14.1. The van der Waals surface area contributed by atoms with E-state index in [4.69, 9.17) is 14.5 Å². The monoisotopic (exact) mass is 595 g/mol. The smallest absolute Gasteiger partial charge is 0.282 e. The first-order valence-corrected chi connectivity index (χ1v) is 12.1. The van der Waals surface area contributed by atoms with Crippen LogP contribution in [0.2, 0.25) is 0 Å². The third-order valence-electron chi connectivity index (χ3n) is 5.58. The van der Waals surface area contributed by atoms with Crippen LogP contribution in [-0.4, -0.2) is 30.1 Å². The van der Waals surface area contributed by atoms with Crippen LogP contribution in [0.1, 0.15) is 49.4 Å². The maximum Gasteiger partial charge on any atom is 0.282 e. The molecule has 0 unspecified atom stereocenters. The summed E-state index contributed by atoms with van der Waals surface area (Å²) in [7, 11) is 3.22. The van der Waals surface area contributed by atoms with Crippen LogP contribution in [0.4, 0.5) is 0 Å². The number of methoxy groups -OCH3 is 2. The van der Waals surface area contributed by atoms with Gasteiger partial charge in [-0.2, -0.15) is 9.78 Å². The summed E-state index contributed by atoms with van der Waals surface area (Å²) in [6, 6.07) is 9.40. The van der Waals surface area contributed by atoms with Crippen LogP contribution in [0.3, 0.4) is 0 Å². The third kappa shape index (κ3) is 4.64. The van der Waals surface area contributed by atoms with E-state index in [1.807, 2.05) is 24.3 Å². The van der Waals surface area contributed by atoms with Gasteiger partial charge in [-0.25, -0.2) is 4.98 Å². The van der Waals surface area contributed by atoms with E-state index in [2.05, 4.69) is 43.6 Å². The van der Waals surface area contributed by atoms with E-state index in [0.29, 0.717) is 22.4 Å². The van der Waals surface area contributed by atoms with Gasteiger partial charge in [0.15, 0.2) is 11.5 Å². The lowest BCUT2D eigenvalue weighted by atomic mass is 9.88. The summed E-state index contributed by atoms with van der Waals surface area (Å²) >= 11 is 5.66. The lowest BCUT2D eigenvalue weighted by Crippen LogP contribution is -2.25. The fourth-order valence-corrected chi connectivity index (χ4v) is 5.25. The average molecular weight is 596 g/mol. The largest absolute Gasteiger partial charge is 0.493 e. The Hall–Kier alpha value is -1.94. The summed E-state index contributed by atoms with van der Waals surface area (Å²) in [6.07, 6.45) is 7.27. The maximum absolute atomic E-state index is 13.4. The molecule has 1 aliphatic carbocycles. The van der Waals surface area contributed by atoms with Crippen LogP contribution in [0.15, 0.2) is 44.7 Å². The van der Waals surface area contributed by atoms with Gasteiger partial charge in [0.25, 0.3) is 5.56 Å². The van der Waals surface area contributed by atoms with Crippen LogP contribution in [0.25, 0.3) is 10.9 Å². The zero-order chi connectivity index (χ0) is 22.0. The number of rotatable bonds is 5. The second-order valence-corrected chi connectivity index (χ2v) is 9.64. The molecule has 8 heteroatoms. The van der Waals surface area contributed by atoms with Gasteiger partial charge in [-0.1, -0.05) is 35.2 Å². The molecular weight excluding hydrogens is 573 g/mol. The van der Waals surface area contributed by atoms with E-state index >= 15 is 0 Å². The molecule has 0 radical (unpaired) electrons. The van der Waals surface area contributed by atoms with Crippen molar-refractivity contribution in [2.24, 2.45) is 5.10 Å². The van der Waals surface area contributed by atoms with Gasteiger partial charge in [0.1, 0.15) is 5.82 Å². The topological polar surface area (TPSA) is 65.7 Å². The number of aromatic nitrogens is 2. The summed E-state index contributed by atoms with van der Waals surface area (Å²) in [5.74, 6) is 2.27. The average Bonchev–Trinajstić information content (AvgIpc) is 2.78. The molecule has 0 N–H and O–H groups in total. The molecule has 0 bridgehead atoms. The van der Waals surface area contributed by atoms with Crippen molar-refractivity contribution in [2.75, 3.05) is 14.2 Å². The Balaban J connectivity index is 1.84. The van der Waals surface area contributed by atoms with Gasteiger partial charge < -0.3 is 9.47 Å². The molecule has 6 nitrogen and oxygen atoms in total. The molecule has 1 aromatic heterocycles. The normalized spacial score (nSPS) is 15.0. The van der Waals surface area contributed by atoms with Crippen molar-refractivity contribution in [3.8, 4) is 11.5 Å². The fraction of sp³-hybridized carbons (Fsp3) is 0.348. The molecule has 2 aromatic carbocycles. The highest BCUT2D eigenvalue weighted by atomic mass is 127. The highest BCUT2D eigenvalue weighted by Gasteiger charge is 2.22. The van der Waals surface area contributed by atoms with Crippen molar-refractivity contribution in [2.45, 2.75) is 38.0 Å². The number of benzene rings is 2. The van der Waals surface area contributed by atoms with Crippen LogP contribution in [0.5, 0.6) is 11.5 Å². The molecule has 1 saturated carbocycles. The fourth-order valence-electron chi connectivity index (χ4n) is 4.04. The van der Waals surface area contributed by atoms with E-state index in [9.17, 15) is 4.79 Å². The number of hydrogen-bond donors (Lipinski definition) is 0. The molecule has 0 amide bonds. The molecule has 4 rings (SSSR count). The number of ether oxygens (including phenoxy) is 2. The molecule has 162 valence electrons. The minimum absolute atomic E-state index is 0.154. The predicted molar refractivity (Wildman–Crippen MR) is 135 cm³/mol. The van der Waals surface area contributed by atoms with Crippen molar-refractivity contribution in [1.29, 1.82) is 0 Å². The van der Waals surface area contributed by atoms with Gasteiger partial charge >= 0.3 is 0 Å². The number of fused-ring (bicyclic) bond motifs is 1. The van der Waals surface area contributed by atoms with Crippen molar-refractivity contribution < 1.29 is 9.47 Å². The highest BCUT2D eigenvalue weighted by Crippen LogP contribution is 2.34. The number of nitrogens with zero attached hydrogens (tertiary/aromatic N) is 3. The zero-order valence-electron chi connectivity index (χ0n) is 17.4. The Kier molecular flexibility index (Phi) is 6.95. The van der Waals surface area contributed by atoms with Gasteiger partial charge in [0.2, 0.25) is 0 Å². The van der Waals surface area contributed by atoms with Gasteiger partial charge in [-0.05, 0) is 71.3 Å². The van der Waals surface area contributed by atoms with E-state index in [0.717, 1.165) is 45.1 Å². The first-order valence-electron chi connectivity index (χ1n) is 10.2. The molecule has 0 atom stereocenters. The number of halogens is 2. The second-order valence-electron chi connectivity index (χ2n) is 7.57. The van der Waals surface area contributed by atoms with E-state index in [1.165, 1.54) is 11.1 Å². The lowest BCUT2D eigenvalue weighted by Gasteiger charge is -2.22. The molecule has 0 saturated heterocycles. The van der Waals surface area contributed by atoms with Crippen LogP contribution < -0.4 is 15.0 Å². The molecule has 0 aliphatic heterocycles. The molecule has 1 heterocycles. The maximum atomic E-state index is 13.4. The Morgan fingerprint density at radius 3 is 2.65 bits per heavy atom. The minimum Gasteiger partial charge on any atom is -0.493 e. The van der Waals surface area contributed by atoms with Crippen molar-refractivity contribution in [3.05, 3.63) is 60.1 Å². The summed E-state index contributed by atoms with van der Waals surface area (Å²) in [5.41, 5.74) is 1.37. The summed E-state index contributed by atoms with van der Waals surface area (Å²) in [6.45, 7) is 0. The van der Waals surface area contributed by atoms with Crippen LogP contribution >= 0.6 is 38.5 Å². The van der Waals surface area contributed by atoms with Gasteiger partial charge in [-0.15, -0.1) is 0 Å². The number of hydrogen-bond acceptors (Lipinski definition) is 5. The summed E-state index contributed by atoms with van der Waals surface area (Å²) in [4.78, 5) is 18.3. The first-order chi connectivity index (χ1) is 15.0. The minimum atomic E-state index is -0.154. The van der Waals surface area contributed by atoms with Crippen LogP contribution in [-0.2, 0) is 0 Å². The molecular formula is C23H23BrIN3O3. The van der Waals surface area contributed by atoms with Crippen LogP contribution in [0, 0.1) is 3.57 Å². The van der Waals surface area contributed by atoms with E-state index in [-0.39, 0.29) is 11.5 Å². The quantitative estimate of drug-likeness (QED) is 0.280. The Bertz CT molecular complexity index is 1200. The SMILES string of the molecule is COc1cc(C=Nn2c(C3CCCCC3)nc3ccc(Br)cc3c2=O)cc(I)c1OC.